The highest BCUT2D eigenvalue weighted by atomic mass is 15.2. The summed E-state index contributed by atoms with van der Waals surface area (Å²) in [5.74, 6) is 1.72. The van der Waals surface area contributed by atoms with Gasteiger partial charge in [-0.3, -0.25) is 4.57 Å². The van der Waals surface area contributed by atoms with Crippen molar-refractivity contribution in [2.75, 3.05) is 0 Å². The van der Waals surface area contributed by atoms with E-state index < -0.39 is 0 Å². The summed E-state index contributed by atoms with van der Waals surface area (Å²) in [5.41, 5.74) is 11.7. The monoisotopic (exact) mass is 731 g/mol. The van der Waals surface area contributed by atoms with Crippen molar-refractivity contribution in [1.29, 1.82) is 0 Å². The Morgan fingerprint density at radius 3 is 1.54 bits per heavy atom. The Balaban J connectivity index is 1.38. The third kappa shape index (κ3) is 5.85. The van der Waals surface area contributed by atoms with Gasteiger partial charge in [-0.2, -0.15) is 9.97 Å². The molecule has 0 aliphatic rings. The molecular weight excluding hydrogens is 695 g/mol. The average molecular weight is 732 g/mol. The van der Waals surface area contributed by atoms with Crippen molar-refractivity contribution in [2.45, 2.75) is 6.92 Å². The van der Waals surface area contributed by atoms with Crippen LogP contribution in [0.2, 0.25) is 0 Å². The van der Waals surface area contributed by atoms with Crippen LogP contribution < -0.4 is 0 Å². The summed E-state index contributed by atoms with van der Waals surface area (Å²) < 4.78 is 4.65. The number of rotatable bonds is 8. The predicted molar refractivity (Wildman–Crippen MR) is 238 cm³/mol. The second kappa shape index (κ2) is 14.2. The van der Waals surface area contributed by atoms with Crippen LogP contribution >= 0.6 is 0 Å². The molecule has 3 heterocycles. The van der Waals surface area contributed by atoms with Crippen molar-refractivity contribution in [3.05, 3.63) is 207 Å². The standard InChI is InChI=1S/C52H37N5/c1-3-5-18-35(4-2)50-53-51(38-23-14-8-15-24-38)55-52(54-50)57-47-32-28-40(37-21-12-7-13-22-37)34-45(47)43-30-29-42-44-33-39(36-19-10-6-11-20-36)27-31-46(44)56(48(42)49(43)57)41-25-16-9-17-26-41/h3-34H,1H2,2H3/b18-5-,35-4+. The number of fused-ring (bicyclic) bond motifs is 7. The topological polar surface area (TPSA) is 48.5 Å². The normalized spacial score (nSPS) is 12.1. The molecule has 0 radical (unpaired) electrons. The van der Waals surface area contributed by atoms with E-state index in [1.165, 1.54) is 16.5 Å². The first-order valence-corrected chi connectivity index (χ1v) is 19.2. The Kier molecular flexibility index (Phi) is 8.46. The van der Waals surface area contributed by atoms with Crippen molar-refractivity contribution in [2.24, 2.45) is 0 Å². The van der Waals surface area contributed by atoms with E-state index in [2.05, 4.69) is 155 Å². The Bertz CT molecular complexity index is 3170. The van der Waals surface area contributed by atoms with Gasteiger partial charge in [0, 0.05) is 38.4 Å². The van der Waals surface area contributed by atoms with Gasteiger partial charge in [0.25, 0.3) is 0 Å². The molecule has 0 saturated carbocycles. The van der Waals surface area contributed by atoms with E-state index in [0.29, 0.717) is 17.6 Å². The molecule has 0 aliphatic heterocycles. The fourth-order valence-corrected chi connectivity index (χ4v) is 8.06. The van der Waals surface area contributed by atoms with Gasteiger partial charge in [0.15, 0.2) is 11.6 Å². The molecule has 5 nitrogen and oxygen atoms in total. The van der Waals surface area contributed by atoms with Crippen molar-refractivity contribution < 1.29 is 0 Å². The molecule has 0 spiro atoms. The van der Waals surface area contributed by atoms with Crippen LogP contribution in [0.4, 0.5) is 0 Å². The molecule has 0 fully saturated rings. The zero-order valence-corrected chi connectivity index (χ0v) is 31.4. The Morgan fingerprint density at radius 1 is 0.491 bits per heavy atom. The van der Waals surface area contributed by atoms with Crippen molar-refractivity contribution in [1.82, 2.24) is 24.1 Å². The Morgan fingerprint density at radius 2 is 1.00 bits per heavy atom. The lowest BCUT2D eigenvalue weighted by Gasteiger charge is -2.13. The van der Waals surface area contributed by atoms with Crippen molar-refractivity contribution >= 4 is 49.2 Å². The molecule has 7 aromatic carbocycles. The van der Waals surface area contributed by atoms with Crippen LogP contribution in [0.15, 0.2) is 201 Å². The number of allylic oxidation sites excluding steroid dienone is 5. The van der Waals surface area contributed by atoms with Crippen LogP contribution in [0.1, 0.15) is 12.7 Å². The lowest BCUT2D eigenvalue weighted by atomic mass is 10.0. The van der Waals surface area contributed by atoms with Crippen LogP contribution in [0.3, 0.4) is 0 Å². The largest absolute Gasteiger partial charge is 0.307 e. The van der Waals surface area contributed by atoms with E-state index in [0.717, 1.165) is 66.2 Å². The smallest absolute Gasteiger partial charge is 0.238 e. The first kappa shape index (κ1) is 33.9. The van der Waals surface area contributed by atoms with Crippen LogP contribution in [0.25, 0.3) is 94.5 Å². The molecule has 3 aromatic heterocycles. The fourth-order valence-electron chi connectivity index (χ4n) is 8.06. The number of aromatic nitrogens is 5. The van der Waals surface area contributed by atoms with Gasteiger partial charge in [0.2, 0.25) is 5.95 Å². The zero-order chi connectivity index (χ0) is 38.3. The second-order valence-electron chi connectivity index (χ2n) is 14.0. The quantitative estimate of drug-likeness (QED) is 0.146. The third-order valence-corrected chi connectivity index (χ3v) is 10.7. The van der Waals surface area contributed by atoms with Crippen LogP contribution in [-0.2, 0) is 0 Å². The molecule has 10 aromatic rings. The third-order valence-electron chi connectivity index (χ3n) is 10.7. The van der Waals surface area contributed by atoms with Gasteiger partial charge in [-0.25, -0.2) is 4.98 Å². The maximum Gasteiger partial charge on any atom is 0.238 e. The summed E-state index contributed by atoms with van der Waals surface area (Å²) in [5, 5.41) is 4.54. The van der Waals surface area contributed by atoms with E-state index in [1.807, 2.05) is 55.5 Å². The summed E-state index contributed by atoms with van der Waals surface area (Å²) in [6.45, 7) is 5.92. The molecule has 0 atom stereocenters. The molecule has 0 bridgehead atoms. The SMILES string of the molecule is C=C/C=C\C(=C/C)c1nc(-c2ccccc2)nc(-n2c3ccc(-c4ccccc4)cc3c3ccc4c5cc(-c6ccccc6)ccc5n(-c5ccccc5)c4c32)n1. The molecule has 0 unspecified atom stereocenters. The van der Waals surface area contributed by atoms with Crippen LogP contribution in [-0.4, -0.2) is 24.1 Å². The number of nitrogens with zero attached hydrogens (tertiary/aromatic N) is 5. The Hall–Kier alpha value is -7.63. The van der Waals surface area contributed by atoms with Gasteiger partial charge in [-0.05, 0) is 65.6 Å². The molecule has 57 heavy (non-hydrogen) atoms. The molecule has 10 rings (SSSR count). The van der Waals surface area contributed by atoms with Gasteiger partial charge in [0.1, 0.15) is 0 Å². The number of hydrogen-bond donors (Lipinski definition) is 0. The van der Waals surface area contributed by atoms with Gasteiger partial charge < -0.3 is 4.57 Å². The summed E-state index contributed by atoms with van der Waals surface area (Å²) >= 11 is 0. The molecule has 0 saturated heterocycles. The summed E-state index contributed by atoms with van der Waals surface area (Å²) in [4.78, 5) is 15.7. The van der Waals surface area contributed by atoms with Gasteiger partial charge in [-0.15, -0.1) is 0 Å². The minimum absolute atomic E-state index is 0.542. The van der Waals surface area contributed by atoms with Gasteiger partial charge in [-0.1, -0.05) is 164 Å². The van der Waals surface area contributed by atoms with E-state index in [1.54, 1.807) is 6.08 Å². The highest BCUT2D eigenvalue weighted by Crippen LogP contribution is 2.43. The average Bonchev–Trinajstić information content (AvgIpc) is 3.80. The highest BCUT2D eigenvalue weighted by Gasteiger charge is 2.24. The molecule has 0 amide bonds. The molecule has 270 valence electrons. The second-order valence-corrected chi connectivity index (χ2v) is 14.0. The van der Waals surface area contributed by atoms with Crippen LogP contribution in [0, 0.1) is 0 Å². The fraction of sp³-hybridized carbons (Fsp3) is 0.0192. The summed E-state index contributed by atoms with van der Waals surface area (Å²) in [6.07, 6.45) is 7.71. The van der Waals surface area contributed by atoms with Crippen LogP contribution in [0.5, 0.6) is 0 Å². The first-order valence-electron chi connectivity index (χ1n) is 19.2. The summed E-state index contributed by atoms with van der Waals surface area (Å²) in [6, 6.07) is 60.1. The lowest BCUT2D eigenvalue weighted by molar-refractivity contribution is 0.932. The number of para-hydroxylation sites is 1. The molecule has 0 N–H and O–H groups in total. The predicted octanol–water partition coefficient (Wildman–Crippen LogP) is 13.2. The zero-order valence-electron chi connectivity index (χ0n) is 31.4. The minimum Gasteiger partial charge on any atom is -0.307 e. The minimum atomic E-state index is 0.542. The van der Waals surface area contributed by atoms with E-state index in [-0.39, 0.29) is 0 Å². The first-order chi connectivity index (χ1) is 28.2. The van der Waals surface area contributed by atoms with E-state index >= 15 is 0 Å². The number of hydrogen-bond acceptors (Lipinski definition) is 3. The molecular formula is C52H37N5. The van der Waals surface area contributed by atoms with Gasteiger partial charge in [0.05, 0.1) is 22.1 Å². The summed E-state index contributed by atoms with van der Waals surface area (Å²) in [7, 11) is 0. The van der Waals surface area contributed by atoms with Crippen molar-refractivity contribution in [3.8, 4) is 45.3 Å². The van der Waals surface area contributed by atoms with E-state index in [9.17, 15) is 0 Å². The Labute approximate surface area is 330 Å². The maximum atomic E-state index is 5.30. The maximum absolute atomic E-state index is 5.30. The highest BCUT2D eigenvalue weighted by molar-refractivity contribution is 6.24. The van der Waals surface area contributed by atoms with E-state index in [4.69, 9.17) is 15.0 Å². The van der Waals surface area contributed by atoms with Gasteiger partial charge >= 0.3 is 0 Å². The molecule has 5 heteroatoms. The van der Waals surface area contributed by atoms with Crippen molar-refractivity contribution in [3.63, 3.8) is 0 Å². The molecule has 0 aliphatic carbocycles. The number of benzene rings is 7. The lowest BCUT2D eigenvalue weighted by Crippen LogP contribution is -2.08.